The van der Waals surface area contributed by atoms with Crippen molar-refractivity contribution < 1.29 is 30.8 Å². The topological polar surface area (TPSA) is 173 Å². The maximum atomic E-state index is 13.8. The molecule has 0 radical (unpaired) electrons. The number of amides is 2. The summed E-state index contributed by atoms with van der Waals surface area (Å²) in [6, 6.07) is 19.6. The number of rotatable bonds is 19. The quantitative estimate of drug-likeness (QED) is 0.0589. The molecule has 1 aliphatic rings. The number of halogens is 1. The molecule has 3 aromatic carbocycles. The Kier molecular flexibility index (Phi) is 12.3. The minimum absolute atomic E-state index is 0.00299. The number of carbonyl (C=O) groups is 2. The number of unbranched alkanes of at least 4 members (excludes halogenated alkanes) is 3. The summed E-state index contributed by atoms with van der Waals surface area (Å²) in [6.07, 6.45) is 4.06. The van der Waals surface area contributed by atoms with Crippen molar-refractivity contribution >= 4 is 65.0 Å². The molecule has 0 aliphatic carbocycles. The fourth-order valence-electron chi connectivity index (χ4n) is 6.70. The molecule has 0 bridgehead atoms. The molecule has 2 aromatic heterocycles. The molecule has 1 fully saturated rings. The van der Waals surface area contributed by atoms with Gasteiger partial charge in [-0.05, 0) is 91.6 Å². The Labute approximate surface area is 315 Å². The van der Waals surface area contributed by atoms with Crippen LogP contribution in [0.15, 0.2) is 66.7 Å². The fraction of sp³-hybridized carbons (Fsp3) is 0.385. The Morgan fingerprint density at radius 1 is 0.741 bits per heavy atom. The van der Waals surface area contributed by atoms with Gasteiger partial charge in [-0.25, -0.2) is 16.8 Å². The number of anilines is 2. The van der Waals surface area contributed by atoms with Crippen LogP contribution in [-0.2, 0) is 39.4 Å². The molecule has 0 unspecified atom stereocenters. The number of hydrogen-bond donors (Lipinski definition) is 5. The van der Waals surface area contributed by atoms with Crippen molar-refractivity contribution in [1.82, 2.24) is 20.2 Å². The molecular weight excluding hydrogens is 732 g/mol. The van der Waals surface area contributed by atoms with Crippen molar-refractivity contribution in [3.05, 3.63) is 94.8 Å². The largest absolute Gasteiger partial charge is 0.350 e. The van der Waals surface area contributed by atoms with Gasteiger partial charge in [-0.3, -0.25) is 23.4 Å². The van der Waals surface area contributed by atoms with E-state index in [0.29, 0.717) is 81.6 Å². The maximum absolute atomic E-state index is 13.8. The second-order valence-corrected chi connectivity index (χ2v) is 17.4. The first kappa shape index (κ1) is 38.8. The van der Waals surface area contributed by atoms with Gasteiger partial charge in [0.25, 0.3) is 11.8 Å². The lowest BCUT2D eigenvalue weighted by molar-refractivity contribution is 0.0645. The Morgan fingerprint density at radius 2 is 1.30 bits per heavy atom. The van der Waals surface area contributed by atoms with E-state index < -0.39 is 26.7 Å². The van der Waals surface area contributed by atoms with Crippen LogP contribution in [0.4, 0.5) is 15.8 Å². The predicted molar refractivity (Wildman–Crippen MR) is 212 cm³/mol. The van der Waals surface area contributed by atoms with Gasteiger partial charge in [0.05, 0.1) is 18.2 Å². The molecule has 6 rings (SSSR count). The predicted octanol–water partition coefficient (Wildman–Crippen LogP) is 6.63. The number of aromatic nitrogens is 2. The van der Waals surface area contributed by atoms with Gasteiger partial charge in [0.15, 0.2) is 0 Å². The number of hydrogen-bond acceptors (Lipinski definition) is 6. The Balaban J connectivity index is 1.37. The number of nitrogens with one attached hydrogen (secondary N) is 5. The van der Waals surface area contributed by atoms with Gasteiger partial charge in [0, 0.05) is 52.8 Å². The van der Waals surface area contributed by atoms with Crippen LogP contribution in [0.1, 0.15) is 83.1 Å². The zero-order chi connectivity index (χ0) is 38.3. The molecule has 5 aromatic rings. The number of alkyl halides is 1. The first-order valence-corrected chi connectivity index (χ1v) is 21.7. The van der Waals surface area contributed by atoms with E-state index >= 15 is 0 Å². The first-order chi connectivity index (χ1) is 26.0. The van der Waals surface area contributed by atoms with E-state index in [0.717, 1.165) is 24.8 Å². The van der Waals surface area contributed by atoms with E-state index in [1.807, 2.05) is 37.3 Å². The lowest BCUT2D eigenvalue weighted by atomic mass is 9.98. The first-order valence-electron chi connectivity index (χ1n) is 18.4. The molecule has 12 nitrogen and oxygen atoms in total. The zero-order valence-electron chi connectivity index (χ0n) is 30.3. The van der Waals surface area contributed by atoms with Crippen molar-refractivity contribution in [3.8, 4) is 0 Å². The molecule has 54 heavy (non-hydrogen) atoms. The molecule has 5 N–H and O–H groups in total. The average Bonchev–Trinajstić information content (AvgIpc) is 3.66. The third kappa shape index (κ3) is 9.42. The number of nitrogens with zero attached hydrogens (tertiary/aromatic N) is 1. The van der Waals surface area contributed by atoms with E-state index in [4.69, 9.17) is 0 Å². The van der Waals surface area contributed by atoms with Gasteiger partial charge in [-0.2, -0.15) is 0 Å². The normalized spacial score (nSPS) is 13.3. The summed E-state index contributed by atoms with van der Waals surface area (Å²) in [6.45, 7) is 2.97. The molecule has 1 saturated heterocycles. The van der Waals surface area contributed by atoms with Gasteiger partial charge in [-0.15, -0.1) is 0 Å². The minimum atomic E-state index is -3.75. The summed E-state index contributed by atoms with van der Waals surface area (Å²) in [5.41, 5.74) is 4.91. The molecule has 2 amide bonds. The number of likely N-dealkylation sites (tertiary alicyclic amines) is 1. The monoisotopic (exact) mass is 778 g/mol. The molecule has 1 aliphatic heterocycles. The number of fused-ring (bicyclic) bond motifs is 2. The lowest BCUT2D eigenvalue weighted by Crippen LogP contribution is -2.42. The van der Waals surface area contributed by atoms with Crippen molar-refractivity contribution in [2.45, 2.75) is 64.8 Å². The zero-order valence-corrected chi connectivity index (χ0v) is 32.0. The molecule has 15 heteroatoms. The van der Waals surface area contributed by atoms with Crippen LogP contribution in [0.2, 0.25) is 0 Å². The summed E-state index contributed by atoms with van der Waals surface area (Å²) in [4.78, 5) is 35.8. The van der Waals surface area contributed by atoms with Crippen molar-refractivity contribution in [2.75, 3.05) is 40.7 Å². The van der Waals surface area contributed by atoms with Crippen LogP contribution in [0.3, 0.4) is 0 Å². The Morgan fingerprint density at radius 3 is 1.83 bits per heavy atom. The van der Waals surface area contributed by atoms with E-state index in [1.165, 1.54) is 0 Å². The van der Waals surface area contributed by atoms with Crippen LogP contribution >= 0.6 is 0 Å². The van der Waals surface area contributed by atoms with Gasteiger partial charge in [0.1, 0.15) is 11.4 Å². The summed E-state index contributed by atoms with van der Waals surface area (Å²) in [5.74, 6) is -0.733. The number of benzene rings is 3. The van der Waals surface area contributed by atoms with Crippen molar-refractivity contribution in [3.63, 3.8) is 0 Å². The van der Waals surface area contributed by atoms with Crippen LogP contribution in [0.5, 0.6) is 0 Å². The highest BCUT2D eigenvalue weighted by molar-refractivity contribution is 7.92. The SMILES string of the molecule is CCCCCS(=O)(=O)Nc1ccc2[nH]c(C(=O)N3CCC3)c(CCc3c(C(=O)NCc4ccccc4)[nH]c4ccc(NS(=O)(=O)CCCCF)cc34)c2c1. The van der Waals surface area contributed by atoms with E-state index in [1.54, 1.807) is 41.3 Å². The summed E-state index contributed by atoms with van der Waals surface area (Å²) in [7, 11) is -7.35. The molecular formula is C39H47FN6O6S2. The Bertz CT molecular complexity index is 2340. The number of aromatic amines is 2. The minimum Gasteiger partial charge on any atom is -0.350 e. The molecule has 0 spiro atoms. The van der Waals surface area contributed by atoms with Crippen LogP contribution in [0.25, 0.3) is 21.8 Å². The van der Waals surface area contributed by atoms with E-state index in [2.05, 4.69) is 24.7 Å². The number of H-pyrrole nitrogens is 2. The maximum Gasteiger partial charge on any atom is 0.270 e. The lowest BCUT2D eigenvalue weighted by Gasteiger charge is -2.30. The van der Waals surface area contributed by atoms with Gasteiger partial charge >= 0.3 is 0 Å². The van der Waals surface area contributed by atoms with Crippen LogP contribution < -0.4 is 14.8 Å². The fourth-order valence-corrected chi connectivity index (χ4v) is 9.05. The molecule has 0 atom stereocenters. The van der Waals surface area contributed by atoms with Gasteiger partial charge in [-0.1, -0.05) is 50.1 Å². The highest BCUT2D eigenvalue weighted by atomic mass is 32.2. The third-order valence-electron chi connectivity index (χ3n) is 9.68. The molecule has 3 heterocycles. The average molecular weight is 779 g/mol. The molecule has 0 saturated carbocycles. The molecule has 288 valence electrons. The number of sulfonamides is 2. The van der Waals surface area contributed by atoms with Crippen molar-refractivity contribution in [1.29, 1.82) is 0 Å². The van der Waals surface area contributed by atoms with Crippen LogP contribution in [0, 0.1) is 0 Å². The highest BCUT2D eigenvalue weighted by Crippen LogP contribution is 2.32. The van der Waals surface area contributed by atoms with E-state index in [9.17, 15) is 30.8 Å². The standard InChI is InChI=1S/C39H47FN6O6S2/c1-2-3-8-22-53(49,50)44-29-14-18-35-33(25-29)31(37(43-35)39(48)46-20-10-21-46)16-15-30-32-24-28(45-54(51,52)23-9-7-19-40)13-17-34(32)42-36(30)38(47)41-26-27-11-5-4-6-12-27/h4-6,11-14,17-18,24-25,42-45H,2-3,7-10,15-16,19-23,26H2,1H3,(H,41,47). The highest BCUT2D eigenvalue weighted by Gasteiger charge is 2.28. The number of carbonyl (C=O) groups excluding carboxylic acids is 2. The second-order valence-electron chi connectivity index (χ2n) is 13.7. The summed E-state index contributed by atoms with van der Waals surface area (Å²) >= 11 is 0. The van der Waals surface area contributed by atoms with E-state index in [-0.39, 0.29) is 49.1 Å². The third-order valence-corrected chi connectivity index (χ3v) is 12.4. The summed E-state index contributed by atoms with van der Waals surface area (Å²) in [5, 5.41) is 4.29. The smallest absolute Gasteiger partial charge is 0.270 e. The summed E-state index contributed by atoms with van der Waals surface area (Å²) < 4.78 is 69.4. The Hall–Kier alpha value is -4.89. The van der Waals surface area contributed by atoms with Crippen LogP contribution in [-0.4, -0.2) is 74.8 Å². The van der Waals surface area contributed by atoms with Gasteiger partial charge in [0.2, 0.25) is 20.0 Å². The number of aryl methyl sites for hydroxylation is 2. The second kappa shape index (κ2) is 17.1. The van der Waals surface area contributed by atoms with Crippen molar-refractivity contribution in [2.24, 2.45) is 0 Å². The van der Waals surface area contributed by atoms with Gasteiger partial charge < -0.3 is 20.2 Å².